The van der Waals surface area contributed by atoms with Crippen LogP contribution in [0.15, 0.2) is 72.8 Å². The summed E-state index contributed by atoms with van der Waals surface area (Å²) >= 11 is 0. The smallest absolute Gasteiger partial charge is 0.152 e. The molecule has 5 rings (SSSR count). The number of nitrogens with zero attached hydrogens (tertiary/aromatic N) is 1. The highest BCUT2D eigenvalue weighted by molar-refractivity contribution is 5.95. The van der Waals surface area contributed by atoms with E-state index in [1.807, 2.05) is 0 Å². The van der Waals surface area contributed by atoms with Crippen LogP contribution in [0.4, 0.5) is 0 Å². The lowest BCUT2D eigenvalue weighted by atomic mass is 10.1. The maximum absolute atomic E-state index is 6.22. The van der Waals surface area contributed by atoms with Crippen molar-refractivity contribution in [2.45, 2.75) is 13.3 Å². The summed E-state index contributed by atoms with van der Waals surface area (Å²) in [5, 5.41) is 1.21. The van der Waals surface area contributed by atoms with Crippen molar-refractivity contribution < 1.29 is 4.74 Å². The minimum Gasteiger partial charge on any atom is -0.453 e. The van der Waals surface area contributed by atoms with E-state index in [1.54, 1.807) is 0 Å². The van der Waals surface area contributed by atoms with Crippen molar-refractivity contribution in [3.05, 3.63) is 78.4 Å². The molecule has 0 atom stereocenters. The molecule has 3 aromatic carbocycles. The van der Waals surface area contributed by atoms with E-state index in [4.69, 9.17) is 4.74 Å². The number of hydrogen-bond acceptors (Lipinski definition) is 1. The summed E-state index contributed by atoms with van der Waals surface area (Å²) in [6, 6.07) is 25.6. The summed E-state index contributed by atoms with van der Waals surface area (Å²) in [5.74, 6) is 1.86. The van der Waals surface area contributed by atoms with Crippen LogP contribution in [-0.2, 0) is 6.42 Å². The number of ether oxygens (including phenoxy) is 1. The van der Waals surface area contributed by atoms with Gasteiger partial charge in [0.1, 0.15) is 0 Å². The van der Waals surface area contributed by atoms with E-state index in [2.05, 4.69) is 84.3 Å². The highest BCUT2D eigenvalue weighted by Gasteiger charge is 2.23. The van der Waals surface area contributed by atoms with Crippen molar-refractivity contribution in [2.75, 3.05) is 0 Å². The Kier molecular flexibility index (Phi) is 2.80. The predicted octanol–water partition coefficient (Wildman–Crippen LogP) is 5.97. The molecule has 0 saturated carbocycles. The summed E-state index contributed by atoms with van der Waals surface area (Å²) in [6.07, 6.45) is 1.00. The van der Waals surface area contributed by atoms with Gasteiger partial charge < -0.3 is 9.30 Å². The second-order valence-electron chi connectivity index (χ2n) is 6.18. The van der Waals surface area contributed by atoms with Gasteiger partial charge in [-0.3, -0.25) is 0 Å². The minimum absolute atomic E-state index is 0.926. The number of hydrogen-bond donors (Lipinski definition) is 0. The molecule has 0 N–H and O–H groups in total. The first-order valence-electron chi connectivity index (χ1n) is 8.36. The van der Waals surface area contributed by atoms with Gasteiger partial charge in [-0.05, 0) is 41.8 Å². The number of para-hydroxylation sites is 1. The molecule has 0 saturated heterocycles. The Labute approximate surface area is 140 Å². The van der Waals surface area contributed by atoms with Crippen LogP contribution in [-0.4, -0.2) is 4.57 Å². The number of aryl methyl sites for hydroxylation is 1. The zero-order valence-corrected chi connectivity index (χ0v) is 13.5. The molecule has 0 unspecified atom stereocenters. The molecular weight excluding hydrogens is 294 g/mol. The van der Waals surface area contributed by atoms with Gasteiger partial charge in [-0.15, -0.1) is 0 Å². The number of rotatable bonds is 2. The molecule has 1 aliphatic heterocycles. The van der Waals surface area contributed by atoms with Gasteiger partial charge in [0, 0.05) is 5.39 Å². The van der Waals surface area contributed by atoms with E-state index < -0.39 is 0 Å². The van der Waals surface area contributed by atoms with E-state index in [0.29, 0.717) is 0 Å². The molecule has 4 aromatic rings. The SMILES string of the molecule is CCc1ccc2c(c1)Oc1cccc3cc(-c4ccccc4)n-2c13. The van der Waals surface area contributed by atoms with Crippen molar-refractivity contribution in [1.29, 1.82) is 0 Å². The molecule has 0 spiro atoms. The number of benzene rings is 3. The van der Waals surface area contributed by atoms with Gasteiger partial charge in [0.15, 0.2) is 11.5 Å². The lowest BCUT2D eigenvalue weighted by Crippen LogP contribution is -2.06. The van der Waals surface area contributed by atoms with E-state index in [0.717, 1.165) is 29.1 Å². The van der Waals surface area contributed by atoms with Crippen LogP contribution in [0.1, 0.15) is 12.5 Å². The van der Waals surface area contributed by atoms with Crippen molar-refractivity contribution >= 4 is 10.9 Å². The molecule has 0 radical (unpaired) electrons. The Morgan fingerprint density at radius 1 is 0.833 bits per heavy atom. The Morgan fingerprint density at radius 2 is 1.71 bits per heavy atom. The molecular formula is C22H17NO. The number of fused-ring (bicyclic) bond motifs is 2. The minimum atomic E-state index is 0.926. The zero-order chi connectivity index (χ0) is 16.1. The first-order chi connectivity index (χ1) is 11.8. The van der Waals surface area contributed by atoms with Gasteiger partial charge in [-0.25, -0.2) is 0 Å². The quantitative estimate of drug-likeness (QED) is 0.392. The van der Waals surface area contributed by atoms with Crippen LogP contribution >= 0.6 is 0 Å². The zero-order valence-electron chi connectivity index (χ0n) is 13.5. The van der Waals surface area contributed by atoms with Gasteiger partial charge in [-0.1, -0.05) is 55.5 Å². The Balaban J connectivity index is 1.88. The average Bonchev–Trinajstić information content (AvgIpc) is 3.03. The lowest BCUT2D eigenvalue weighted by Gasteiger charge is -2.22. The highest BCUT2D eigenvalue weighted by Crippen LogP contribution is 2.44. The van der Waals surface area contributed by atoms with Gasteiger partial charge in [0.05, 0.1) is 16.9 Å². The molecule has 0 bridgehead atoms. The monoisotopic (exact) mass is 311 g/mol. The van der Waals surface area contributed by atoms with E-state index in [9.17, 15) is 0 Å². The largest absolute Gasteiger partial charge is 0.453 e. The van der Waals surface area contributed by atoms with Crippen molar-refractivity contribution in [1.82, 2.24) is 4.57 Å². The van der Waals surface area contributed by atoms with Crippen LogP contribution in [0.25, 0.3) is 27.8 Å². The number of aromatic nitrogens is 1. The van der Waals surface area contributed by atoms with E-state index >= 15 is 0 Å². The fourth-order valence-electron chi connectivity index (χ4n) is 3.54. The van der Waals surface area contributed by atoms with Gasteiger partial charge >= 0.3 is 0 Å². The average molecular weight is 311 g/mol. The Morgan fingerprint density at radius 3 is 2.54 bits per heavy atom. The second-order valence-corrected chi connectivity index (χ2v) is 6.18. The maximum atomic E-state index is 6.22. The topological polar surface area (TPSA) is 14.2 Å². The molecule has 0 aliphatic carbocycles. The van der Waals surface area contributed by atoms with Crippen molar-refractivity contribution in [3.8, 4) is 28.4 Å². The van der Waals surface area contributed by atoms with E-state index in [-0.39, 0.29) is 0 Å². The second kappa shape index (κ2) is 5.00. The summed E-state index contributed by atoms with van der Waals surface area (Å²) in [4.78, 5) is 0. The van der Waals surface area contributed by atoms with Crippen molar-refractivity contribution in [2.24, 2.45) is 0 Å². The van der Waals surface area contributed by atoms with Gasteiger partial charge in [0.25, 0.3) is 0 Å². The first kappa shape index (κ1) is 13.4. The van der Waals surface area contributed by atoms with Gasteiger partial charge in [-0.2, -0.15) is 0 Å². The molecule has 2 heteroatoms. The Hall–Kier alpha value is -3.00. The molecule has 2 heterocycles. The molecule has 1 aliphatic rings. The molecule has 116 valence electrons. The normalized spacial score (nSPS) is 12.0. The van der Waals surface area contributed by atoms with Gasteiger partial charge in [0.2, 0.25) is 0 Å². The standard InChI is InChI=1S/C22H17NO/c1-2-15-11-12-18-21(13-15)24-20-10-6-9-17-14-19(23(18)22(17)20)16-7-4-3-5-8-16/h3-14H,2H2,1H3. The summed E-state index contributed by atoms with van der Waals surface area (Å²) in [7, 11) is 0. The van der Waals surface area contributed by atoms with Crippen LogP contribution in [0.3, 0.4) is 0 Å². The molecule has 0 fully saturated rings. The van der Waals surface area contributed by atoms with Crippen molar-refractivity contribution in [3.63, 3.8) is 0 Å². The lowest BCUT2D eigenvalue weighted by molar-refractivity contribution is 0.475. The third-order valence-electron chi connectivity index (χ3n) is 4.75. The molecule has 0 amide bonds. The van der Waals surface area contributed by atoms with Crippen LogP contribution in [0, 0.1) is 0 Å². The Bertz CT molecular complexity index is 1060. The molecule has 2 nitrogen and oxygen atoms in total. The third kappa shape index (κ3) is 1.83. The first-order valence-corrected chi connectivity index (χ1v) is 8.36. The molecule has 24 heavy (non-hydrogen) atoms. The van der Waals surface area contributed by atoms with Crippen LogP contribution in [0.2, 0.25) is 0 Å². The third-order valence-corrected chi connectivity index (χ3v) is 4.75. The van der Waals surface area contributed by atoms with Crippen LogP contribution < -0.4 is 4.74 Å². The summed E-state index contributed by atoms with van der Waals surface area (Å²) < 4.78 is 8.55. The fraction of sp³-hybridized carbons (Fsp3) is 0.0909. The highest BCUT2D eigenvalue weighted by atomic mass is 16.5. The predicted molar refractivity (Wildman–Crippen MR) is 98.2 cm³/mol. The summed E-state index contributed by atoms with van der Waals surface area (Å²) in [5.41, 5.74) is 5.96. The maximum Gasteiger partial charge on any atom is 0.152 e. The van der Waals surface area contributed by atoms with E-state index in [1.165, 1.54) is 22.2 Å². The van der Waals surface area contributed by atoms with Crippen LogP contribution in [0.5, 0.6) is 11.5 Å². The fourth-order valence-corrected chi connectivity index (χ4v) is 3.54. The molecule has 1 aromatic heterocycles. The summed E-state index contributed by atoms with van der Waals surface area (Å²) in [6.45, 7) is 2.17.